The van der Waals surface area contributed by atoms with Crippen LogP contribution in [-0.2, 0) is 11.2 Å². The van der Waals surface area contributed by atoms with Crippen molar-refractivity contribution in [3.05, 3.63) is 35.3 Å². The molecule has 0 aliphatic rings. The lowest BCUT2D eigenvalue weighted by Gasteiger charge is -2.11. The first-order valence-corrected chi connectivity index (χ1v) is 7.37. The molecule has 0 radical (unpaired) electrons. The van der Waals surface area contributed by atoms with Gasteiger partial charge in [0.15, 0.2) is 5.13 Å². The normalized spacial score (nSPS) is 11.4. The number of thiazole rings is 1. The lowest BCUT2D eigenvalue weighted by atomic mass is 10.3. The monoisotopic (exact) mass is 333 g/mol. The minimum atomic E-state index is -4.41. The molecule has 2 aromatic rings. The Kier molecular flexibility index (Phi) is 4.73. The first-order valence-electron chi connectivity index (χ1n) is 5.68. The zero-order valence-electron chi connectivity index (χ0n) is 10.5. The van der Waals surface area contributed by atoms with Crippen molar-refractivity contribution in [3.8, 4) is 0 Å². The fraction of sp³-hybridized carbons (Fsp3) is 0.167. The van der Waals surface area contributed by atoms with Gasteiger partial charge in [0.05, 0.1) is 17.8 Å². The Morgan fingerprint density at radius 3 is 2.71 bits per heavy atom. The lowest BCUT2D eigenvalue weighted by molar-refractivity contribution is -0.115. The molecule has 1 amide bonds. The van der Waals surface area contributed by atoms with Gasteiger partial charge in [-0.15, -0.1) is 11.3 Å². The number of nitrogens with one attached hydrogen (secondary N) is 1. The van der Waals surface area contributed by atoms with E-state index in [-0.39, 0.29) is 28.8 Å². The van der Waals surface area contributed by atoms with Gasteiger partial charge >= 0.3 is 5.51 Å². The molecule has 0 saturated carbocycles. The molecule has 2 rings (SSSR count). The maximum absolute atomic E-state index is 12.4. The number of para-hydroxylation sites is 1. The van der Waals surface area contributed by atoms with Crippen LogP contribution in [0.2, 0.25) is 0 Å². The number of halogens is 3. The number of alkyl halides is 3. The summed E-state index contributed by atoms with van der Waals surface area (Å²) in [7, 11) is 0. The van der Waals surface area contributed by atoms with Gasteiger partial charge in [-0.25, -0.2) is 4.98 Å². The van der Waals surface area contributed by atoms with Crippen LogP contribution in [0.3, 0.4) is 0 Å². The summed E-state index contributed by atoms with van der Waals surface area (Å²) in [6.45, 7) is 0. The van der Waals surface area contributed by atoms with E-state index in [0.29, 0.717) is 10.8 Å². The highest BCUT2D eigenvalue weighted by atomic mass is 32.2. The topological polar surface area (TPSA) is 68.0 Å². The summed E-state index contributed by atoms with van der Waals surface area (Å²) in [6.07, 6.45) is -0.0429. The molecule has 1 aromatic heterocycles. The quantitative estimate of drug-likeness (QED) is 0.840. The van der Waals surface area contributed by atoms with Crippen molar-refractivity contribution in [1.82, 2.24) is 4.98 Å². The molecule has 0 saturated heterocycles. The number of aromatic nitrogens is 1. The van der Waals surface area contributed by atoms with E-state index in [2.05, 4.69) is 10.3 Å². The van der Waals surface area contributed by atoms with Gasteiger partial charge in [0.1, 0.15) is 0 Å². The van der Waals surface area contributed by atoms with Crippen molar-refractivity contribution < 1.29 is 18.0 Å². The summed E-state index contributed by atoms with van der Waals surface area (Å²) in [6, 6.07) is 5.75. The molecule has 0 atom stereocenters. The van der Waals surface area contributed by atoms with Crippen molar-refractivity contribution in [2.75, 3.05) is 11.1 Å². The van der Waals surface area contributed by atoms with E-state index in [9.17, 15) is 18.0 Å². The number of anilines is 2. The van der Waals surface area contributed by atoms with Gasteiger partial charge in [0.25, 0.3) is 0 Å². The van der Waals surface area contributed by atoms with Gasteiger partial charge in [-0.3, -0.25) is 4.79 Å². The predicted octanol–water partition coefficient (Wildman–Crippen LogP) is 3.52. The van der Waals surface area contributed by atoms with Crippen molar-refractivity contribution in [3.63, 3.8) is 0 Å². The molecule has 1 aromatic carbocycles. The Morgan fingerprint density at radius 1 is 1.38 bits per heavy atom. The highest BCUT2D eigenvalue weighted by Gasteiger charge is 2.30. The molecule has 0 aliphatic heterocycles. The Morgan fingerprint density at radius 2 is 2.10 bits per heavy atom. The number of carbonyl (C=O) groups excluding carboxylic acids is 1. The number of nitrogens with two attached hydrogens (primary N) is 1. The van der Waals surface area contributed by atoms with Gasteiger partial charge in [-0.2, -0.15) is 13.2 Å². The van der Waals surface area contributed by atoms with E-state index < -0.39 is 11.4 Å². The maximum Gasteiger partial charge on any atom is 0.446 e. The molecule has 0 unspecified atom stereocenters. The Labute approximate surface area is 126 Å². The highest BCUT2D eigenvalue weighted by molar-refractivity contribution is 8.00. The number of hydrogen-bond acceptors (Lipinski definition) is 5. The van der Waals surface area contributed by atoms with Crippen LogP contribution in [0.4, 0.5) is 24.0 Å². The fourth-order valence-electron chi connectivity index (χ4n) is 1.55. The highest BCUT2D eigenvalue weighted by Crippen LogP contribution is 2.40. The first-order chi connectivity index (χ1) is 9.83. The van der Waals surface area contributed by atoms with Crippen LogP contribution in [0.1, 0.15) is 5.69 Å². The second kappa shape index (κ2) is 6.35. The Hall–Kier alpha value is -1.74. The van der Waals surface area contributed by atoms with Crippen LogP contribution in [0.5, 0.6) is 0 Å². The van der Waals surface area contributed by atoms with Gasteiger partial charge < -0.3 is 11.1 Å². The van der Waals surface area contributed by atoms with Gasteiger partial charge in [0.2, 0.25) is 5.91 Å². The number of thioether (sulfide) groups is 1. The smallest absolute Gasteiger partial charge is 0.375 e. The second-order valence-corrected chi connectivity index (χ2v) is 5.94. The van der Waals surface area contributed by atoms with Crippen molar-refractivity contribution in [2.24, 2.45) is 0 Å². The van der Waals surface area contributed by atoms with E-state index in [4.69, 9.17) is 5.73 Å². The van der Waals surface area contributed by atoms with Crippen LogP contribution in [0.15, 0.2) is 34.5 Å². The largest absolute Gasteiger partial charge is 0.446 e. The molecule has 4 nitrogen and oxygen atoms in total. The number of carbonyl (C=O) groups is 1. The number of rotatable bonds is 4. The van der Waals surface area contributed by atoms with E-state index >= 15 is 0 Å². The van der Waals surface area contributed by atoms with E-state index in [1.165, 1.54) is 29.5 Å². The lowest BCUT2D eigenvalue weighted by Crippen LogP contribution is -2.15. The van der Waals surface area contributed by atoms with Crippen LogP contribution in [0.25, 0.3) is 0 Å². The maximum atomic E-state index is 12.4. The van der Waals surface area contributed by atoms with Gasteiger partial charge in [0, 0.05) is 10.3 Å². The van der Waals surface area contributed by atoms with E-state index in [1.54, 1.807) is 11.4 Å². The van der Waals surface area contributed by atoms with E-state index in [0.717, 1.165) is 0 Å². The third-order valence-electron chi connectivity index (χ3n) is 2.30. The van der Waals surface area contributed by atoms with Crippen molar-refractivity contribution in [2.45, 2.75) is 16.8 Å². The standard InChI is InChI=1S/C12H10F3N3OS2/c13-12(14,15)21-9-4-2-1-3-8(9)18-10(19)5-7-6-20-11(16)17-7/h1-4,6H,5H2,(H2,16,17)(H,18,19). The molecule has 1 heterocycles. The molecule has 0 fully saturated rings. The van der Waals surface area contributed by atoms with Gasteiger partial charge in [-0.05, 0) is 23.9 Å². The van der Waals surface area contributed by atoms with Crippen LogP contribution >= 0.6 is 23.1 Å². The summed E-state index contributed by atoms with van der Waals surface area (Å²) < 4.78 is 37.3. The molecule has 0 bridgehead atoms. The van der Waals surface area contributed by atoms with Crippen LogP contribution < -0.4 is 11.1 Å². The molecule has 0 spiro atoms. The van der Waals surface area contributed by atoms with Crippen LogP contribution in [-0.4, -0.2) is 16.4 Å². The number of nitrogens with zero attached hydrogens (tertiary/aromatic N) is 1. The van der Waals surface area contributed by atoms with Crippen molar-refractivity contribution in [1.29, 1.82) is 0 Å². The predicted molar refractivity (Wildman–Crippen MR) is 77.2 cm³/mol. The summed E-state index contributed by atoms with van der Waals surface area (Å²) in [4.78, 5) is 15.7. The van der Waals surface area contributed by atoms with E-state index in [1.807, 2.05) is 0 Å². The molecule has 21 heavy (non-hydrogen) atoms. The minimum absolute atomic E-state index is 0.0429. The number of benzene rings is 1. The molecular formula is C12H10F3N3OS2. The Balaban J connectivity index is 2.07. The third-order valence-corrected chi connectivity index (χ3v) is 3.83. The average molecular weight is 333 g/mol. The Bertz CT molecular complexity index is 643. The molecule has 9 heteroatoms. The minimum Gasteiger partial charge on any atom is -0.375 e. The number of nitrogen functional groups attached to an aromatic ring is 1. The van der Waals surface area contributed by atoms with Crippen LogP contribution in [0, 0.1) is 0 Å². The molecule has 0 aliphatic carbocycles. The first kappa shape index (κ1) is 15.6. The average Bonchev–Trinajstić information content (AvgIpc) is 2.75. The molecular weight excluding hydrogens is 323 g/mol. The molecule has 112 valence electrons. The van der Waals surface area contributed by atoms with Crippen molar-refractivity contribution >= 4 is 39.8 Å². The van der Waals surface area contributed by atoms with Gasteiger partial charge in [-0.1, -0.05) is 12.1 Å². The SMILES string of the molecule is Nc1nc(CC(=O)Nc2ccccc2SC(F)(F)F)cs1. The fourth-order valence-corrected chi connectivity index (χ4v) is 2.73. The second-order valence-electron chi connectivity index (χ2n) is 3.95. The molecule has 3 N–H and O–H groups in total. The summed E-state index contributed by atoms with van der Waals surface area (Å²) in [5.41, 5.74) is 1.64. The summed E-state index contributed by atoms with van der Waals surface area (Å²) >= 11 is 0.929. The third kappa shape index (κ3) is 4.94. The number of hydrogen-bond donors (Lipinski definition) is 2. The summed E-state index contributed by atoms with van der Waals surface area (Å²) in [5.74, 6) is -0.449. The zero-order chi connectivity index (χ0) is 15.5. The number of amides is 1. The summed E-state index contributed by atoms with van der Waals surface area (Å²) in [5, 5.41) is 4.42. The zero-order valence-corrected chi connectivity index (χ0v) is 12.1.